The zero-order valence-corrected chi connectivity index (χ0v) is 10.1. The summed E-state index contributed by atoms with van der Waals surface area (Å²) in [6.07, 6.45) is 4.06. The Morgan fingerprint density at radius 1 is 1.41 bits per heavy atom. The lowest BCUT2D eigenvalue weighted by atomic mass is 9.95. The van der Waals surface area contributed by atoms with E-state index in [9.17, 15) is 0 Å². The first-order chi connectivity index (χ1) is 8.26. The molecule has 1 N–H and O–H groups in total. The van der Waals surface area contributed by atoms with Crippen LogP contribution in [0.25, 0.3) is 0 Å². The molecular formula is C13H13ClN2O. The second-order valence-corrected chi connectivity index (χ2v) is 5.10. The number of benzene rings is 1. The lowest BCUT2D eigenvalue weighted by molar-refractivity contribution is 0.102. The molecule has 0 spiro atoms. The number of halogens is 1. The van der Waals surface area contributed by atoms with Gasteiger partial charge < -0.3 is 10.1 Å². The molecule has 3 unspecified atom stereocenters. The van der Waals surface area contributed by atoms with Crippen molar-refractivity contribution in [3.63, 3.8) is 0 Å². The summed E-state index contributed by atoms with van der Waals surface area (Å²) in [6, 6.07) is 7.87. The molecule has 1 aromatic rings. The summed E-state index contributed by atoms with van der Waals surface area (Å²) in [4.78, 5) is 0. The van der Waals surface area contributed by atoms with Crippen molar-refractivity contribution in [3.05, 3.63) is 28.8 Å². The van der Waals surface area contributed by atoms with Crippen molar-refractivity contribution in [2.45, 2.75) is 37.5 Å². The molecule has 3 atom stereocenters. The molecule has 2 heterocycles. The van der Waals surface area contributed by atoms with E-state index in [4.69, 9.17) is 21.6 Å². The zero-order valence-electron chi connectivity index (χ0n) is 9.32. The first kappa shape index (κ1) is 10.9. The zero-order chi connectivity index (χ0) is 11.8. The monoisotopic (exact) mass is 248 g/mol. The number of fused-ring (bicyclic) bond motifs is 2. The molecule has 2 aliphatic heterocycles. The van der Waals surface area contributed by atoms with Crippen molar-refractivity contribution in [1.29, 1.82) is 5.26 Å². The Hall–Kier alpha value is -1.24. The SMILES string of the molecule is N#Cc1cc(Cl)ccc1NC1CC2CCC1O2. The summed E-state index contributed by atoms with van der Waals surface area (Å²) in [7, 11) is 0. The summed E-state index contributed by atoms with van der Waals surface area (Å²) < 4.78 is 5.78. The van der Waals surface area contributed by atoms with Crippen LogP contribution in [0.1, 0.15) is 24.8 Å². The molecule has 0 aromatic heterocycles. The van der Waals surface area contributed by atoms with Gasteiger partial charge in [-0.05, 0) is 37.5 Å². The van der Waals surface area contributed by atoms with Gasteiger partial charge in [0.15, 0.2) is 0 Å². The highest BCUT2D eigenvalue weighted by Crippen LogP contribution is 2.36. The van der Waals surface area contributed by atoms with Crippen LogP contribution in [0, 0.1) is 11.3 Å². The molecule has 3 rings (SSSR count). The summed E-state index contributed by atoms with van der Waals surface area (Å²) in [5.74, 6) is 0. The molecule has 1 aromatic carbocycles. The Balaban J connectivity index is 1.79. The quantitative estimate of drug-likeness (QED) is 0.875. The topological polar surface area (TPSA) is 45.0 Å². The van der Waals surface area contributed by atoms with Gasteiger partial charge in [-0.25, -0.2) is 0 Å². The van der Waals surface area contributed by atoms with Gasteiger partial charge in [-0.3, -0.25) is 0 Å². The third kappa shape index (κ3) is 1.99. The van der Waals surface area contributed by atoms with Gasteiger partial charge in [-0.15, -0.1) is 0 Å². The average Bonchev–Trinajstić information content (AvgIpc) is 2.93. The Morgan fingerprint density at radius 3 is 2.94 bits per heavy atom. The van der Waals surface area contributed by atoms with E-state index in [0.717, 1.165) is 18.5 Å². The number of ether oxygens (including phenoxy) is 1. The highest BCUT2D eigenvalue weighted by atomic mass is 35.5. The van der Waals surface area contributed by atoms with Crippen LogP contribution in [0.4, 0.5) is 5.69 Å². The summed E-state index contributed by atoms with van der Waals surface area (Å²) in [6.45, 7) is 0. The van der Waals surface area contributed by atoms with E-state index in [1.54, 1.807) is 12.1 Å². The maximum Gasteiger partial charge on any atom is 0.101 e. The van der Waals surface area contributed by atoms with Crippen molar-refractivity contribution in [2.24, 2.45) is 0 Å². The molecule has 2 bridgehead atoms. The van der Waals surface area contributed by atoms with Gasteiger partial charge >= 0.3 is 0 Å². The number of nitrogens with one attached hydrogen (secondary N) is 1. The number of nitriles is 1. The number of hydrogen-bond acceptors (Lipinski definition) is 3. The van der Waals surface area contributed by atoms with Crippen LogP contribution in [0.3, 0.4) is 0 Å². The van der Waals surface area contributed by atoms with E-state index < -0.39 is 0 Å². The van der Waals surface area contributed by atoms with Gasteiger partial charge in [-0.2, -0.15) is 5.26 Å². The van der Waals surface area contributed by atoms with Gasteiger partial charge in [-0.1, -0.05) is 11.6 Å². The normalized spacial score (nSPS) is 30.2. The standard InChI is InChI=1S/C13H13ClN2O/c14-9-1-3-11(8(5-9)7-15)16-12-6-10-2-4-13(12)17-10/h1,3,5,10,12-13,16H,2,4,6H2. The Kier molecular flexibility index (Phi) is 2.70. The third-order valence-electron chi connectivity index (χ3n) is 3.55. The van der Waals surface area contributed by atoms with Crippen LogP contribution >= 0.6 is 11.6 Å². The smallest absolute Gasteiger partial charge is 0.101 e. The maximum atomic E-state index is 9.07. The molecule has 0 amide bonds. The third-order valence-corrected chi connectivity index (χ3v) is 3.78. The van der Waals surface area contributed by atoms with Crippen LogP contribution in [-0.4, -0.2) is 18.2 Å². The predicted octanol–water partition coefficient (Wildman–Crippen LogP) is 2.94. The molecule has 4 heteroatoms. The molecule has 0 saturated carbocycles. The van der Waals surface area contributed by atoms with Crippen LogP contribution in [-0.2, 0) is 4.74 Å². The highest BCUT2D eigenvalue weighted by Gasteiger charge is 2.40. The molecule has 2 aliphatic rings. The van der Waals surface area contributed by atoms with E-state index in [2.05, 4.69) is 11.4 Å². The largest absolute Gasteiger partial charge is 0.379 e. The molecule has 2 saturated heterocycles. The molecule has 0 aliphatic carbocycles. The maximum absolute atomic E-state index is 9.07. The van der Waals surface area contributed by atoms with E-state index in [0.29, 0.717) is 28.8 Å². The Morgan fingerprint density at radius 2 is 2.29 bits per heavy atom. The lowest BCUT2D eigenvalue weighted by Gasteiger charge is -2.21. The van der Waals surface area contributed by atoms with E-state index in [1.165, 1.54) is 6.42 Å². The minimum atomic E-state index is 0.308. The van der Waals surface area contributed by atoms with Crippen molar-refractivity contribution >= 4 is 17.3 Å². The minimum Gasteiger partial charge on any atom is -0.379 e. The molecule has 3 nitrogen and oxygen atoms in total. The Bertz CT molecular complexity index is 483. The minimum absolute atomic E-state index is 0.308. The fourth-order valence-electron chi connectivity index (χ4n) is 2.72. The van der Waals surface area contributed by atoms with E-state index in [-0.39, 0.29) is 0 Å². The Labute approximate surface area is 105 Å². The van der Waals surface area contributed by atoms with Crippen molar-refractivity contribution in [3.8, 4) is 6.07 Å². The predicted molar refractivity (Wildman–Crippen MR) is 66.1 cm³/mol. The van der Waals surface area contributed by atoms with Crippen LogP contribution < -0.4 is 5.32 Å². The lowest BCUT2D eigenvalue weighted by Crippen LogP contribution is -2.30. The molecule has 2 fully saturated rings. The van der Waals surface area contributed by atoms with E-state index >= 15 is 0 Å². The first-order valence-electron chi connectivity index (χ1n) is 5.88. The van der Waals surface area contributed by atoms with E-state index in [1.807, 2.05) is 6.07 Å². The second-order valence-electron chi connectivity index (χ2n) is 4.66. The first-order valence-corrected chi connectivity index (χ1v) is 6.25. The summed E-state index contributed by atoms with van der Waals surface area (Å²) in [5.41, 5.74) is 1.46. The summed E-state index contributed by atoms with van der Waals surface area (Å²) >= 11 is 5.87. The van der Waals surface area contributed by atoms with Gasteiger partial charge in [0.2, 0.25) is 0 Å². The van der Waals surface area contributed by atoms with Gasteiger partial charge in [0.1, 0.15) is 6.07 Å². The average molecular weight is 249 g/mol. The van der Waals surface area contributed by atoms with Crippen molar-refractivity contribution in [2.75, 3.05) is 5.32 Å². The van der Waals surface area contributed by atoms with Crippen LogP contribution in [0.5, 0.6) is 0 Å². The highest BCUT2D eigenvalue weighted by molar-refractivity contribution is 6.30. The molecule has 17 heavy (non-hydrogen) atoms. The van der Waals surface area contributed by atoms with Crippen molar-refractivity contribution in [1.82, 2.24) is 0 Å². The van der Waals surface area contributed by atoms with Gasteiger partial charge in [0.05, 0.1) is 29.5 Å². The second kappa shape index (κ2) is 4.21. The number of nitrogens with zero attached hydrogens (tertiary/aromatic N) is 1. The van der Waals surface area contributed by atoms with Crippen molar-refractivity contribution < 1.29 is 4.74 Å². The fraction of sp³-hybridized carbons (Fsp3) is 0.462. The van der Waals surface area contributed by atoms with Gasteiger partial charge in [0, 0.05) is 5.02 Å². The van der Waals surface area contributed by atoms with Gasteiger partial charge in [0.25, 0.3) is 0 Å². The molecule has 88 valence electrons. The fourth-order valence-corrected chi connectivity index (χ4v) is 2.90. The number of hydrogen-bond donors (Lipinski definition) is 1. The molecular weight excluding hydrogens is 236 g/mol. The number of rotatable bonds is 2. The number of anilines is 1. The van der Waals surface area contributed by atoms with Crippen LogP contribution in [0.15, 0.2) is 18.2 Å². The van der Waals surface area contributed by atoms with Crippen LogP contribution in [0.2, 0.25) is 5.02 Å². The summed E-state index contributed by atoms with van der Waals surface area (Å²) in [5, 5.41) is 13.1. The molecule has 0 radical (unpaired) electrons.